The summed E-state index contributed by atoms with van der Waals surface area (Å²) in [6.07, 6.45) is 4.64. The zero-order valence-electron chi connectivity index (χ0n) is 14.8. The Morgan fingerprint density at radius 3 is 2.46 bits per heavy atom. The van der Waals surface area contributed by atoms with Gasteiger partial charge in [0.1, 0.15) is 0 Å². The van der Waals surface area contributed by atoms with Gasteiger partial charge in [-0.05, 0) is 35.9 Å². The molecule has 0 radical (unpaired) electrons. The smallest absolute Gasteiger partial charge is 0.261 e. The summed E-state index contributed by atoms with van der Waals surface area (Å²) >= 11 is 5.99. The second-order valence-electron chi connectivity index (χ2n) is 5.85. The van der Waals surface area contributed by atoms with E-state index in [2.05, 4.69) is 15.1 Å². The van der Waals surface area contributed by atoms with Gasteiger partial charge in [-0.1, -0.05) is 35.9 Å². The normalized spacial score (nSPS) is 11.5. The Morgan fingerprint density at radius 2 is 1.82 bits per heavy atom. The first-order chi connectivity index (χ1) is 13.3. The number of rotatable bonds is 6. The highest BCUT2D eigenvalue weighted by atomic mass is 35.5. The molecule has 3 aromatic rings. The fourth-order valence-electron chi connectivity index (χ4n) is 2.33. The lowest BCUT2D eigenvalue weighted by atomic mass is 10.2. The van der Waals surface area contributed by atoms with Gasteiger partial charge >= 0.3 is 0 Å². The van der Waals surface area contributed by atoms with Crippen molar-refractivity contribution in [2.45, 2.75) is 4.90 Å². The maximum absolute atomic E-state index is 12.5. The van der Waals surface area contributed by atoms with Crippen LogP contribution in [0.25, 0.3) is 6.08 Å². The second-order valence-corrected chi connectivity index (χ2v) is 7.94. The van der Waals surface area contributed by atoms with Gasteiger partial charge in [-0.2, -0.15) is 5.10 Å². The molecule has 0 aliphatic carbocycles. The van der Waals surface area contributed by atoms with Gasteiger partial charge in [-0.15, -0.1) is 0 Å². The molecule has 1 amide bonds. The van der Waals surface area contributed by atoms with Crippen LogP contribution in [0.5, 0.6) is 0 Å². The fraction of sp³-hybridized carbons (Fsp3) is 0.0526. The zero-order chi connectivity index (χ0) is 20.1. The van der Waals surface area contributed by atoms with Crippen LogP contribution < -0.4 is 10.0 Å². The van der Waals surface area contributed by atoms with Crippen molar-refractivity contribution in [1.82, 2.24) is 9.78 Å². The van der Waals surface area contributed by atoms with Crippen LogP contribution >= 0.6 is 11.6 Å². The molecule has 0 aliphatic rings. The van der Waals surface area contributed by atoms with E-state index in [-0.39, 0.29) is 10.8 Å². The minimum absolute atomic E-state index is 0.0857. The van der Waals surface area contributed by atoms with E-state index in [1.165, 1.54) is 18.2 Å². The summed E-state index contributed by atoms with van der Waals surface area (Å²) in [5.74, 6) is 0.111. The van der Waals surface area contributed by atoms with Gasteiger partial charge in [0.15, 0.2) is 5.82 Å². The SMILES string of the molecule is Cn1ccc(NC(=O)/C=C/c2ccc(S(=O)(=O)Nc3ccccc3Cl)cc2)n1. The van der Waals surface area contributed by atoms with Crippen molar-refractivity contribution in [3.8, 4) is 0 Å². The lowest BCUT2D eigenvalue weighted by molar-refractivity contribution is -0.111. The number of hydrogen-bond donors (Lipinski definition) is 2. The number of hydrogen-bond acceptors (Lipinski definition) is 4. The van der Waals surface area contributed by atoms with Gasteiger partial charge in [-0.25, -0.2) is 8.42 Å². The highest BCUT2D eigenvalue weighted by Gasteiger charge is 2.15. The number of nitrogens with zero attached hydrogens (tertiary/aromatic N) is 2. The summed E-state index contributed by atoms with van der Waals surface area (Å²) < 4.78 is 29.0. The van der Waals surface area contributed by atoms with E-state index >= 15 is 0 Å². The van der Waals surface area contributed by atoms with Crippen molar-refractivity contribution in [3.63, 3.8) is 0 Å². The standard InChI is InChI=1S/C19H17ClN4O3S/c1-24-13-12-18(22-24)21-19(25)11-8-14-6-9-15(10-7-14)28(26,27)23-17-5-3-2-4-16(17)20/h2-13,23H,1H3,(H,21,22,25)/b11-8+. The third kappa shape index (κ3) is 4.99. The van der Waals surface area contributed by atoms with Gasteiger partial charge < -0.3 is 5.32 Å². The predicted molar refractivity (Wildman–Crippen MR) is 110 cm³/mol. The monoisotopic (exact) mass is 416 g/mol. The van der Waals surface area contributed by atoms with Gasteiger partial charge in [0.25, 0.3) is 10.0 Å². The van der Waals surface area contributed by atoms with Crippen LogP contribution in [0.15, 0.2) is 71.8 Å². The van der Waals surface area contributed by atoms with Crippen LogP contribution in [0.2, 0.25) is 5.02 Å². The number of amides is 1. The van der Waals surface area contributed by atoms with E-state index in [4.69, 9.17) is 11.6 Å². The molecular weight excluding hydrogens is 400 g/mol. The molecule has 7 nitrogen and oxygen atoms in total. The minimum atomic E-state index is -3.77. The van der Waals surface area contributed by atoms with Gasteiger partial charge in [-0.3, -0.25) is 14.2 Å². The highest BCUT2D eigenvalue weighted by molar-refractivity contribution is 7.92. The fourth-order valence-corrected chi connectivity index (χ4v) is 3.65. The van der Waals surface area contributed by atoms with Crippen LogP contribution in [0.4, 0.5) is 11.5 Å². The number of nitrogens with one attached hydrogen (secondary N) is 2. The molecule has 1 heterocycles. The molecule has 0 spiro atoms. The van der Waals surface area contributed by atoms with E-state index in [9.17, 15) is 13.2 Å². The third-order valence-electron chi connectivity index (χ3n) is 3.70. The van der Waals surface area contributed by atoms with Gasteiger partial charge in [0, 0.05) is 25.4 Å². The Labute approximate surface area is 167 Å². The highest BCUT2D eigenvalue weighted by Crippen LogP contribution is 2.24. The molecule has 3 rings (SSSR count). The third-order valence-corrected chi connectivity index (χ3v) is 5.41. The predicted octanol–water partition coefficient (Wildman–Crippen LogP) is 3.53. The maximum atomic E-state index is 12.5. The second kappa shape index (κ2) is 8.28. The molecule has 0 unspecified atom stereocenters. The Bertz CT molecular complexity index is 1120. The van der Waals surface area contributed by atoms with Crippen molar-refractivity contribution < 1.29 is 13.2 Å². The van der Waals surface area contributed by atoms with Crippen LogP contribution in [0.1, 0.15) is 5.56 Å². The molecule has 0 saturated carbocycles. The molecule has 0 aliphatic heterocycles. The van der Waals surface area contributed by atoms with Crippen molar-refractivity contribution in [2.75, 3.05) is 10.0 Å². The number of sulfonamides is 1. The molecule has 0 saturated heterocycles. The molecule has 0 atom stereocenters. The van der Waals surface area contributed by atoms with Crippen LogP contribution in [0, 0.1) is 0 Å². The summed E-state index contributed by atoms with van der Waals surface area (Å²) in [6, 6.07) is 14.4. The van der Waals surface area contributed by atoms with Crippen LogP contribution in [-0.2, 0) is 21.9 Å². The minimum Gasteiger partial charge on any atom is -0.306 e. The van der Waals surface area contributed by atoms with Gasteiger partial charge in [0.05, 0.1) is 15.6 Å². The topological polar surface area (TPSA) is 93.1 Å². The number of halogens is 1. The first-order valence-corrected chi connectivity index (χ1v) is 10.1. The first kappa shape index (κ1) is 19.7. The van der Waals surface area contributed by atoms with Crippen molar-refractivity contribution >= 4 is 45.1 Å². The number of aromatic nitrogens is 2. The average molecular weight is 417 g/mol. The number of carbonyl (C=O) groups excluding carboxylic acids is 1. The number of para-hydroxylation sites is 1. The molecular formula is C19H17ClN4O3S. The summed E-state index contributed by atoms with van der Waals surface area (Å²) in [7, 11) is -2.02. The molecule has 1 aromatic heterocycles. The Kier molecular flexibility index (Phi) is 5.81. The van der Waals surface area contributed by atoms with Crippen molar-refractivity contribution in [3.05, 3.63) is 77.5 Å². The van der Waals surface area contributed by atoms with E-state index in [1.807, 2.05) is 0 Å². The summed E-state index contributed by atoms with van der Waals surface area (Å²) in [5, 5.41) is 6.99. The lowest BCUT2D eigenvalue weighted by Gasteiger charge is -2.09. The summed E-state index contributed by atoms with van der Waals surface area (Å²) in [6.45, 7) is 0. The largest absolute Gasteiger partial charge is 0.306 e. The van der Waals surface area contributed by atoms with Crippen LogP contribution in [-0.4, -0.2) is 24.1 Å². The number of benzene rings is 2. The van der Waals surface area contributed by atoms with E-state index in [0.717, 1.165) is 0 Å². The number of aryl methyl sites for hydroxylation is 1. The summed E-state index contributed by atoms with van der Waals surface area (Å²) in [5.41, 5.74) is 0.979. The molecule has 0 fully saturated rings. The Morgan fingerprint density at radius 1 is 1.11 bits per heavy atom. The average Bonchev–Trinajstić information content (AvgIpc) is 3.07. The quantitative estimate of drug-likeness (QED) is 0.601. The molecule has 2 aromatic carbocycles. The zero-order valence-corrected chi connectivity index (χ0v) is 16.4. The van der Waals surface area contributed by atoms with Crippen molar-refractivity contribution in [2.24, 2.45) is 7.05 Å². The molecule has 28 heavy (non-hydrogen) atoms. The first-order valence-electron chi connectivity index (χ1n) is 8.20. The Balaban J connectivity index is 1.67. The molecule has 144 valence electrons. The van der Waals surface area contributed by atoms with E-state index in [0.29, 0.717) is 22.1 Å². The van der Waals surface area contributed by atoms with Crippen LogP contribution in [0.3, 0.4) is 0 Å². The number of carbonyl (C=O) groups is 1. The van der Waals surface area contributed by atoms with Gasteiger partial charge in [0.2, 0.25) is 5.91 Å². The summed E-state index contributed by atoms with van der Waals surface area (Å²) in [4.78, 5) is 12.0. The number of anilines is 2. The Hall–Kier alpha value is -3.10. The molecule has 0 bridgehead atoms. The van der Waals surface area contributed by atoms with Crippen molar-refractivity contribution in [1.29, 1.82) is 0 Å². The van der Waals surface area contributed by atoms with E-state index < -0.39 is 10.0 Å². The van der Waals surface area contributed by atoms with E-state index in [1.54, 1.807) is 66.5 Å². The molecule has 9 heteroatoms. The lowest BCUT2D eigenvalue weighted by Crippen LogP contribution is -2.13. The molecule has 2 N–H and O–H groups in total. The maximum Gasteiger partial charge on any atom is 0.261 e.